The smallest absolute Gasteiger partial charge is 0.338 e. The number of nitrogens with zero attached hydrogens (tertiary/aromatic N) is 1. The molecule has 158 valence electrons. The first kappa shape index (κ1) is 20.5. The molecule has 0 fully saturated rings. The molecule has 6 nitrogen and oxygen atoms in total. The molecule has 1 aliphatic heterocycles. The van der Waals surface area contributed by atoms with Crippen LogP contribution in [0, 0.1) is 0 Å². The van der Waals surface area contributed by atoms with Gasteiger partial charge in [0.05, 0.1) is 24.3 Å². The van der Waals surface area contributed by atoms with Crippen molar-refractivity contribution in [2.45, 2.75) is 20.0 Å². The fourth-order valence-corrected chi connectivity index (χ4v) is 3.64. The zero-order chi connectivity index (χ0) is 21.8. The van der Waals surface area contributed by atoms with Gasteiger partial charge in [-0.25, -0.2) is 4.79 Å². The largest absolute Gasteiger partial charge is 0.494 e. The third-order valence-electron chi connectivity index (χ3n) is 5.09. The van der Waals surface area contributed by atoms with E-state index in [0.717, 1.165) is 17.0 Å². The zero-order valence-electron chi connectivity index (χ0n) is 17.5. The summed E-state index contributed by atoms with van der Waals surface area (Å²) in [5.74, 6) is 0.279. The van der Waals surface area contributed by atoms with E-state index in [1.807, 2.05) is 49.4 Å². The number of fused-ring (bicyclic) bond motifs is 1. The Morgan fingerprint density at radius 1 is 0.935 bits per heavy atom. The lowest BCUT2D eigenvalue weighted by Gasteiger charge is -2.38. The summed E-state index contributed by atoms with van der Waals surface area (Å²) in [6.07, 6.45) is -0.411. The number of amides is 1. The van der Waals surface area contributed by atoms with Gasteiger partial charge in [-0.3, -0.25) is 9.69 Å². The molecule has 0 saturated heterocycles. The molecule has 4 rings (SSSR count). The minimum atomic E-state index is -0.411. The third-order valence-corrected chi connectivity index (χ3v) is 5.09. The Balaban J connectivity index is 1.73. The molecule has 31 heavy (non-hydrogen) atoms. The Morgan fingerprint density at radius 3 is 2.32 bits per heavy atom. The zero-order valence-corrected chi connectivity index (χ0v) is 17.5. The summed E-state index contributed by atoms with van der Waals surface area (Å²) in [6, 6.07) is 22.0. The van der Waals surface area contributed by atoms with Crippen LogP contribution in [0.4, 0.5) is 11.4 Å². The van der Waals surface area contributed by atoms with Crippen molar-refractivity contribution >= 4 is 23.3 Å². The average Bonchev–Trinajstić information content (AvgIpc) is 2.80. The number of ether oxygens (including phenoxy) is 2. The van der Waals surface area contributed by atoms with Crippen molar-refractivity contribution in [2.24, 2.45) is 0 Å². The Labute approximate surface area is 181 Å². The lowest BCUT2D eigenvalue weighted by atomic mass is 10.0. The van der Waals surface area contributed by atoms with E-state index in [1.165, 1.54) is 0 Å². The topological polar surface area (TPSA) is 67.9 Å². The van der Waals surface area contributed by atoms with Crippen LogP contribution in [0.25, 0.3) is 0 Å². The van der Waals surface area contributed by atoms with Crippen molar-refractivity contribution < 1.29 is 19.1 Å². The summed E-state index contributed by atoms with van der Waals surface area (Å²) >= 11 is 0. The van der Waals surface area contributed by atoms with E-state index in [2.05, 4.69) is 5.32 Å². The van der Waals surface area contributed by atoms with E-state index in [1.54, 1.807) is 42.2 Å². The number of esters is 1. The van der Waals surface area contributed by atoms with Crippen LogP contribution < -0.4 is 15.0 Å². The standard InChI is InChI=1S/C25H24N2O4/c1-3-30-20-15-11-17(12-16-20)23-26-22-8-6-5-7-21(22)24(28)27(23)19-13-9-18(10-14-19)25(29)31-4-2/h5-16,23,26H,3-4H2,1-2H3/t23-/m0/s1. The Kier molecular flexibility index (Phi) is 5.89. The second-order valence-electron chi connectivity index (χ2n) is 7.04. The van der Waals surface area contributed by atoms with Crippen molar-refractivity contribution in [3.05, 3.63) is 89.5 Å². The Hall–Kier alpha value is -3.80. The second kappa shape index (κ2) is 8.92. The van der Waals surface area contributed by atoms with Crippen molar-refractivity contribution in [3.63, 3.8) is 0 Å². The number of para-hydroxylation sites is 1. The predicted octanol–water partition coefficient (Wildman–Crippen LogP) is 5.03. The van der Waals surface area contributed by atoms with Crippen LogP contribution in [0.2, 0.25) is 0 Å². The molecule has 1 N–H and O–H groups in total. The van der Waals surface area contributed by atoms with Gasteiger partial charge in [-0.2, -0.15) is 0 Å². The van der Waals surface area contributed by atoms with Crippen molar-refractivity contribution in [3.8, 4) is 5.75 Å². The quantitative estimate of drug-likeness (QED) is 0.571. The average molecular weight is 416 g/mol. The first-order valence-corrected chi connectivity index (χ1v) is 10.3. The van der Waals surface area contributed by atoms with Gasteiger partial charge in [-0.05, 0) is 67.9 Å². The highest BCUT2D eigenvalue weighted by Crippen LogP contribution is 2.37. The minimum Gasteiger partial charge on any atom is -0.494 e. The molecule has 1 atom stereocenters. The Bertz CT molecular complexity index is 1080. The summed E-state index contributed by atoms with van der Waals surface area (Å²) in [4.78, 5) is 27.2. The monoisotopic (exact) mass is 416 g/mol. The molecule has 1 amide bonds. The van der Waals surface area contributed by atoms with Crippen LogP contribution in [0.1, 0.15) is 46.3 Å². The second-order valence-corrected chi connectivity index (χ2v) is 7.04. The van der Waals surface area contributed by atoms with Crippen LogP contribution in [-0.2, 0) is 4.74 Å². The summed E-state index contributed by atoms with van der Waals surface area (Å²) < 4.78 is 10.6. The first-order chi connectivity index (χ1) is 15.1. The highest BCUT2D eigenvalue weighted by atomic mass is 16.5. The summed E-state index contributed by atoms with van der Waals surface area (Å²) in [7, 11) is 0. The summed E-state index contributed by atoms with van der Waals surface area (Å²) in [5, 5.41) is 3.47. The van der Waals surface area contributed by atoms with Gasteiger partial charge in [0.15, 0.2) is 0 Å². The number of nitrogens with one attached hydrogen (secondary N) is 1. The maximum absolute atomic E-state index is 13.5. The van der Waals surface area contributed by atoms with E-state index in [-0.39, 0.29) is 11.9 Å². The molecular formula is C25H24N2O4. The molecule has 1 heterocycles. The van der Waals surface area contributed by atoms with E-state index < -0.39 is 6.17 Å². The van der Waals surface area contributed by atoms with Gasteiger partial charge in [0.2, 0.25) is 0 Å². The van der Waals surface area contributed by atoms with Crippen molar-refractivity contribution in [1.82, 2.24) is 0 Å². The molecule has 3 aromatic rings. The minimum absolute atomic E-state index is 0.114. The first-order valence-electron chi connectivity index (χ1n) is 10.3. The van der Waals surface area contributed by atoms with Crippen LogP contribution in [-0.4, -0.2) is 25.1 Å². The molecule has 0 saturated carbocycles. The molecule has 0 radical (unpaired) electrons. The fraction of sp³-hybridized carbons (Fsp3) is 0.200. The van der Waals surface area contributed by atoms with Gasteiger partial charge >= 0.3 is 5.97 Å². The van der Waals surface area contributed by atoms with Gasteiger partial charge in [-0.15, -0.1) is 0 Å². The molecule has 0 aliphatic carbocycles. The molecule has 0 aromatic heterocycles. The van der Waals surface area contributed by atoms with Gasteiger partial charge in [0.25, 0.3) is 5.91 Å². The van der Waals surface area contributed by atoms with Gasteiger partial charge in [-0.1, -0.05) is 24.3 Å². The van der Waals surface area contributed by atoms with Crippen molar-refractivity contribution in [2.75, 3.05) is 23.4 Å². The normalized spacial score (nSPS) is 15.1. The number of hydrogen-bond acceptors (Lipinski definition) is 5. The van der Waals surface area contributed by atoms with E-state index in [9.17, 15) is 9.59 Å². The third kappa shape index (κ3) is 4.10. The molecular weight excluding hydrogens is 392 g/mol. The number of carbonyl (C=O) groups is 2. The number of hydrogen-bond donors (Lipinski definition) is 1. The molecule has 3 aromatic carbocycles. The fourth-order valence-electron chi connectivity index (χ4n) is 3.64. The summed E-state index contributed by atoms with van der Waals surface area (Å²) in [5.41, 5.74) is 3.42. The SMILES string of the molecule is CCOC(=O)c1ccc(N2C(=O)c3ccccc3N[C@@H]2c2ccc(OCC)cc2)cc1. The highest BCUT2D eigenvalue weighted by Gasteiger charge is 2.34. The van der Waals surface area contributed by atoms with Gasteiger partial charge in [0, 0.05) is 11.4 Å². The van der Waals surface area contributed by atoms with Crippen LogP contribution in [0.15, 0.2) is 72.8 Å². The van der Waals surface area contributed by atoms with E-state index >= 15 is 0 Å². The van der Waals surface area contributed by atoms with Gasteiger partial charge < -0.3 is 14.8 Å². The lowest BCUT2D eigenvalue weighted by Crippen LogP contribution is -2.43. The maximum Gasteiger partial charge on any atom is 0.338 e. The molecule has 0 bridgehead atoms. The highest BCUT2D eigenvalue weighted by molar-refractivity contribution is 6.12. The van der Waals surface area contributed by atoms with Crippen LogP contribution in [0.5, 0.6) is 5.75 Å². The van der Waals surface area contributed by atoms with Crippen LogP contribution >= 0.6 is 0 Å². The number of benzene rings is 3. The number of anilines is 2. The van der Waals surface area contributed by atoms with E-state index in [0.29, 0.717) is 30.0 Å². The van der Waals surface area contributed by atoms with Crippen molar-refractivity contribution in [1.29, 1.82) is 0 Å². The number of carbonyl (C=O) groups excluding carboxylic acids is 2. The van der Waals surface area contributed by atoms with E-state index in [4.69, 9.17) is 9.47 Å². The molecule has 0 spiro atoms. The Morgan fingerprint density at radius 2 is 1.65 bits per heavy atom. The number of rotatable bonds is 6. The predicted molar refractivity (Wildman–Crippen MR) is 120 cm³/mol. The molecule has 6 heteroatoms. The van der Waals surface area contributed by atoms with Gasteiger partial charge in [0.1, 0.15) is 11.9 Å². The summed E-state index contributed by atoms with van der Waals surface area (Å²) in [6.45, 7) is 4.61. The molecule has 1 aliphatic rings. The van der Waals surface area contributed by atoms with Crippen LogP contribution in [0.3, 0.4) is 0 Å². The maximum atomic E-state index is 13.5. The lowest BCUT2D eigenvalue weighted by molar-refractivity contribution is 0.0526. The molecule has 0 unspecified atom stereocenters.